The maximum absolute atomic E-state index is 12.8. The standard InChI is InChI=1S/C11H16FNO.ClH/c1-3-10(13)6-8-4-5-9(12)7-11(8)14-2;/h4-5,7,10H,3,6,13H2,1-2H3;1H. The third-order valence-electron chi connectivity index (χ3n) is 2.26. The molecule has 0 heterocycles. The predicted molar refractivity (Wildman–Crippen MR) is 62.2 cm³/mol. The number of benzene rings is 1. The predicted octanol–water partition coefficient (Wildman–Crippen LogP) is 2.54. The molecule has 2 nitrogen and oxygen atoms in total. The maximum Gasteiger partial charge on any atom is 0.126 e. The SMILES string of the molecule is CCC(N)Cc1ccc(F)cc1OC.Cl. The van der Waals surface area contributed by atoms with Crippen LogP contribution in [-0.4, -0.2) is 13.2 Å². The molecule has 0 amide bonds. The van der Waals surface area contributed by atoms with Gasteiger partial charge in [-0.1, -0.05) is 13.0 Å². The van der Waals surface area contributed by atoms with Gasteiger partial charge in [-0.05, 0) is 24.5 Å². The first-order valence-electron chi connectivity index (χ1n) is 4.75. The normalized spacial score (nSPS) is 11.7. The molecule has 0 fully saturated rings. The van der Waals surface area contributed by atoms with Crippen molar-refractivity contribution in [3.8, 4) is 5.75 Å². The highest BCUT2D eigenvalue weighted by molar-refractivity contribution is 5.85. The molecule has 0 saturated carbocycles. The van der Waals surface area contributed by atoms with E-state index in [1.165, 1.54) is 19.2 Å². The lowest BCUT2D eigenvalue weighted by atomic mass is 10.0. The second kappa shape index (κ2) is 6.64. The van der Waals surface area contributed by atoms with Crippen molar-refractivity contribution in [3.05, 3.63) is 29.6 Å². The minimum absolute atomic E-state index is 0. The average Bonchev–Trinajstić information content (AvgIpc) is 2.20. The van der Waals surface area contributed by atoms with Gasteiger partial charge in [-0.25, -0.2) is 4.39 Å². The molecule has 0 aliphatic heterocycles. The molecule has 0 aromatic heterocycles. The number of nitrogens with two attached hydrogens (primary N) is 1. The molecule has 0 saturated heterocycles. The monoisotopic (exact) mass is 233 g/mol. The Morgan fingerprint density at radius 1 is 1.47 bits per heavy atom. The van der Waals surface area contributed by atoms with Crippen molar-refractivity contribution in [3.63, 3.8) is 0 Å². The second-order valence-electron chi connectivity index (χ2n) is 3.33. The van der Waals surface area contributed by atoms with Crippen LogP contribution < -0.4 is 10.5 Å². The van der Waals surface area contributed by atoms with Gasteiger partial charge in [0.25, 0.3) is 0 Å². The summed E-state index contributed by atoms with van der Waals surface area (Å²) in [7, 11) is 1.54. The summed E-state index contributed by atoms with van der Waals surface area (Å²) < 4.78 is 17.9. The van der Waals surface area contributed by atoms with Crippen LogP contribution in [0.2, 0.25) is 0 Å². The fourth-order valence-electron chi connectivity index (χ4n) is 1.31. The molecule has 1 atom stereocenters. The first-order valence-corrected chi connectivity index (χ1v) is 4.75. The van der Waals surface area contributed by atoms with Crippen molar-refractivity contribution in [2.75, 3.05) is 7.11 Å². The molecule has 1 aromatic rings. The Morgan fingerprint density at radius 3 is 2.67 bits per heavy atom. The Bertz CT molecular complexity index is 307. The molecule has 0 aliphatic rings. The number of hydrogen-bond donors (Lipinski definition) is 1. The highest BCUT2D eigenvalue weighted by Crippen LogP contribution is 2.20. The van der Waals surface area contributed by atoms with Crippen molar-refractivity contribution in [2.45, 2.75) is 25.8 Å². The van der Waals surface area contributed by atoms with E-state index in [-0.39, 0.29) is 24.3 Å². The Hall–Kier alpha value is -0.800. The van der Waals surface area contributed by atoms with Crippen LogP contribution in [0.15, 0.2) is 18.2 Å². The molecule has 0 aliphatic carbocycles. The third-order valence-corrected chi connectivity index (χ3v) is 2.26. The summed E-state index contributed by atoms with van der Waals surface area (Å²) in [5.74, 6) is 0.296. The van der Waals surface area contributed by atoms with Crippen molar-refractivity contribution >= 4 is 12.4 Å². The van der Waals surface area contributed by atoms with Gasteiger partial charge in [-0.3, -0.25) is 0 Å². The van der Waals surface area contributed by atoms with Crippen LogP contribution in [0.5, 0.6) is 5.75 Å². The smallest absolute Gasteiger partial charge is 0.126 e. The molecule has 1 unspecified atom stereocenters. The van der Waals surface area contributed by atoms with Crippen LogP contribution in [0.1, 0.15) is 18.9 Å². The second-order valence-corrected chi connectivity index (χ2v) is 3.33. The van der Waals surface area contributed by atoms with E-state index in [1.54, 1.807) is 6.07 Å². The topological polar surface area (TPSA) is 35.2 Å². The molecule has 4 heteroatoms. The number of ether oxygens (including phenoxy) is 1. The van der Waals surface area contributed by atoms with E-state index < -0.39 is 0 Å². The summed E-state index contributed by atoms with van der Waals surface area (Å²) in [6.45, 7) is 2.03. The fraction of sp³-hybridized carbons (Fsp3) is 0.455. The van der Waals surface area contributed by atoms with Crippen LogP contribution in [-0.2, 0) is 6.42 Å². The van der Waals surface area contributed by atoms with Gasteiger partial charge >= 0.3 is 0 Å². The third kappa shape index (κ3) is 4.06. The van der Waals surface area contributed by atoms with Gasteiger partial charge in [-0.15, -0.1) is 12.4 Å². The molecule has 1 rings (SSSR count). The average molecular weight is 234 g/mol. The molecule has 2 N–H and O–H groups in total. The lowest BCUT2D eigenvalue weighted by Gasteiger charge is -2.12. The zero-order valence-electron chi connectivity index (χ0n) is 9.00. The quantitative estimate of drug-likeness (QED) is 0.868. The summed E-state index contributed by atoms with van der Waals surface area (Å²) in [5, 5.41) is 0. The van der Waals surface area contributed by atoms with Crippen molar-refractivity contribution in [1.82, 2.24) is 0 Å². The van der Waals surface area contributed by atoms with E-state index in [9.17, 15) is 4.39 Å². The summed E-state index contributed by atoms with van der Waals surface area (Å²) in [6, 6.07) is 4.65. The Balaban J connectivity index is 0.00000196. The fourth-order valence-corrected chi connectivity index (χ4v) is 1.31. The van der Waals surface area contributed by atoms with E-state index in [2.05, 4.69) is 0 Å². The van der Waals surface area contributed by atoms with E-state index in [4.69, 9.17) is 10.5 Å². The minimum Gasteiger partial charge on any atom is -0.496 e. The summed E-state index contributed by atoms with van der Waals surface area (Å²) in [6.07, 6.45) is 1.63. The van der Waals surface area contributed by atoms with Gasteiger partial charge in [-0.2, -0.15) is 0 Å². The van der Waals surface area contributed by atoms with Gasteiger partial charge in [0.2, 0.25) is 0 Å². The van der Waals surface area contributed by atoms with Crippen LogP contribution in [0, 0.1) is 5.82 Å². The van der Waals surface area contributed by atoms with Gasteiger partial charge in [0.15, 0.2) is 0 Å². The van der Waals surface area contributed by atoms with Gasteiger partial charge < -0.3 is 10.5 Å². The summed E-state index contributed by atoms with van der Waals surface area (Å²) >= 11 is 0. The van der Waals surface area contributed by atoms with Crippen molar-refractivity contribution in [2.24, 2.45) is 5.73 Å². The van der Waals surface area contributed by atoms with Gasteiger partial charge in [0.1, 0.15) is 11.6 Å². The van der Waals surface area contributed by atoms with Crippen LogP contribution in [0.3, 0.4) is 0 Å². The van der Waals surface area contributed by atoms with E-state index in [0.717, 1.165) is 18.4 Å². The van der Waals surface area contributed by atoms with Crippen LogP contribution in [0.25, 0.3) is 0 Å². The summed E-state index contributed by atoms with van der Waals surface area (Å²) in [5.41, 5.74) is 6.78. The Labute approximate surface area is 96.0 Å². The molecule has 1 aromatic carbocycles. The van der Waals surface area contributed by atoms with Gasteiger partial charge in [0.05, 0.1) is 7.11 Å². The minimum atomic E-state index is -0.282. The zero-order chi connectivity index (χ0) is 10.6. The number of rotatable bonds is 4. The lowest BCUT2D eigenvalue weighted by molar-refractivity contribution is 0.404. The largest absolute Gasteiger partial charge is 0.496 e. The number of hydrogen-bond acceptors (Lipinski definition) is 2. The number of halogens is 2. The van der Waals surface area contributed by atoms with Gasteiger partial charge in [0, 0.05) is 12.1 Å². The Kier molecular flexibility index (Phi) is 6.29. The molecule has 15 heavy (non-hydrogen) atoms. The van der Waals surface area contributed by atoms with E-state index >= 15 is 0 Å². The zero-order valence-corrected chi connectivity index (χ0v) is 9.81. The van der Waals surface area contributed by atoms with Crippen molar-refractivity contribution in [1.29, 1.82) is 0 Å². The molecule has 0 spiro atoms. The summed E-state index contributed by atoms with van der Waals surface area (Å²) in [4.78, 5) is 0. The lowest BCUT2D eigenvalue weighted by Crippen LogP contribution is -2.21. The Morgan fingerprint density at radius 2 is 2.13 bits per heavy atom. The van der Waals surface area contributed by atoms with Crippen molar-refractivity contribution < 1.29 is 9.13 Å². The first kappa shape index (κ1) is 14.2. The van der Waals surface area contributed by atoms with E-state index in [1.807, 2.05) is 6.92 Å². The molecule has 0 bridgehead atoms. The van der Waals surface area contributed by atoms with E-state index in [0.29, 0.717) is 5.75 Å². The number of methoxy groups -OCH3 is 1. The molecule has 86 valence electrons. The highest BCUT2D eigenvalue weighted by Gasteiger charge is 2.07. The molecular formula is C11H17ClFNO. The molecule has 0 radical (unpaired) electrons. The highest BCUT2D eigenvalue weighted by atomic mass is 35.5. The van der Waals surface area contributed by atoms with Crippen LogP contribution >= 0.6 is 12.4 Å². The maximum atomic E-state index is 12.8. The van der Waals surface area contributed by atoms with Crippen LogP contribution in [0.4, 0.5) is 4.39 Å². The first-order chi connectivity index (χ1) is 6.67. The molecular weight excluding hydrogens is 217 g/mol.